The van der Waals surface area contributed by atoms with Crippen molar-refractivity contribution in [1.82, 2.24) is 0 Å². The second-order valence-corrected chi connectivity index (χ2v) is 6.54. The number of ether oxygens (including phenoxy) is 2. The first-order valence-corrected chi connectivity index (χ1v) is 8.86. The fraction of sp³-hybridized carbons (Fsp3) is 0.0417. The first-order valence-electron chi connectivity index (χ1n) is 8.86. The van der Waals surface area contributed by atoms with Gasteiger partial charge in [-0.1, -0.05) is 66.7 Å². The molecule has 0 radical (unpaired) electrons. The SMILES string of the molecule is O=C(Oc1ccc2ccccc2c1)C1c2ccccc2Oc2ccccc21. The largest absolute Gasteiger partial charge is 0.457 e. The number of fused-ring (bicyclic) bond motifs is 3. The lowest BCUT2D eigenvalue weighted by Crippen LogP contribution is -2.23. The van der Waals surface area contributed by atoms with Gasteiger partial charge in [-0.3, -0.25) is 4.79 Å². The number of esters is 1. The fourth-order valence-corrected chi connectivity index (χ4v) is 3.57. The molecule has 1 aliphatic heterocycles. The molecule has 0 bridgehead atoms. The van der Waals surface area contributed by atoms with Gasteiger partial charge < -0.3 is 9.47 Å². The Hall–Kier alpha value is -3.59. The van der Waals surface area contributed by atoms with E-state index in [0.29, 0.717) is 17.2 Å². The van der Waals surface area contributed by atoms with Gasteiger partial charge in [-0.05, 0) is 35.0 Å². The number of hydrogen-bond donors (Lipinski definition) is 0. The van der Waals surface area contributed by atoms with Gasteiger partial charge in [0.05, 0.1) is 0 Å². The van der Waals surface area contributed by atoms with Gasteiger partial charge in [0.2, 0.25) is 0 Å². The van der Waals surface area contributed by atoms with Crippen molar-refractivity contribution >= 4 is 16.7 Å². The molecule has 3 heteroatoms. The summed E-state index contributed by atoms with van der Waals surface area (Å²) in [6.07, 6.45) is 0. The smallest absolute Gasteiger partial charge is 0.323 e. The van der Waals surface area contributed by atoms with Crippen LogP contribution in [-0.4, -0.2) is 5.97 Å². The third kappa shape index (κ3) is 2.74. The summed E-state index contributed by atoms with van der Waals surface area (Å²) in [6, 6.07) is 28.9. The van der Waals surface area contributed by atoms with Gasteiger partial charge in [0, 0.05) is 11.1 Å². The minimum atomic E-state index is -0.516. The maximum absolute atomic E-state index is 13.2. The van der Waals surface area contributed by atoms with Crippen LogP contribution in [0.25, 0.3) is 10.8 Å². The maximum Gasteiger partial charge on any atom is 0.323 e. The normalized spacial score (nSPS) is 12.7. The zero-order chi connectivity index (χ0) is 18.2. The van der Waals surface area contributed by atoms with Gasteiger partial charge in [0.1, 0.15) is 23.2 Å². The van der Waals surface area contributed by atoms with E-state index in [1.165, 1.54) is 0 Å². The van der Waals surface area contributed by atoms with Crippen LogP contribution in [0.4, 0.5) is 0 Å². The lowest BCUT2D eigenvalue weighted by molar-refractivity contribution is -0.135. The summed E-state index contributed by atoms with van der Waals surface area (Å²) in [5.74, 6) is 1.10. The van der Waals surface area contributed by atoms with Crippen molar-refractivity contribution in [3.05, 3.63) is 102 Å². The van der Waals surface area contributed by atoms with E-state index in [2.05, 4.69) is 0 Å². The van der Waals surface area contributed by atoms with Crippen molar-refractivity contribution < 1.29 is 14.3 Å². The molecule has 0 saturated carbocycles. The predicted octanol–water partition coefficient (Wildman–Crippen LogP) is 5.68. The highest BCUT2D eigenvalue weighted by atomic mass is 16.5. The van der Waals surface area contributed by atoms with Gasteiger partial charge in [0.15, 0.2) is 0 Å². The molecule has 0 aliphatic carbocycles. The third-order valence-electron chi connectivity index (χ3n) is 4.86. The Labute approximate surface area is 156 Å². The molecule has 5 rings (SSSR count). The molecule has 130 valence electrons. The van der Waals surface area contributed by atoms with E-state index in [9.17, 15) is 4.79 Å². The van der Waals surface area contributed by atoms with Gasteiger partial charge in [0.25, 0.3) is 0 Å². The lowest BCUT2D eigenvalue weighted by Gasteiger charge is -2.26. The van der Waals surface area contributed by atoms with Crippen molar-refractivity contribution in [3.63, 3.8) is 0 Å². The molecule has 4 aromatic carbocycles. The van der Waals surface area contributed by atoms with E-state index in [1.54, 1.807) is 0 Å². The van der Waals surface area contributed by atoms with Crippen molar-refractivity contribution in [1.29, 1.82) is 0 Å². The van der Waals surface area contributed by atoms with Gasteiger partial charge >= 0.3 is 5.97 Å². The van der Waals surface area contributed by atoms with E-state index in [4.69, 9.17) is 9.47 Å². The summed E-state index contributed by atoms with van der Waals surface area (Å²) in [6.45, 7) is 0. The zero-order valence-electron chi connectivity index (χ0n) is 14.5. The zero-order valence-corrected chi connectivity index (χ0v) is 14.5. The Morgan fingerprint density at radius 2 is 1.30 bits per heavy atom. The first-order chi connectivity index (χ1) is 13.3. The molecule has 27 heavy (non-hydrogen) atoms. The van der Waals surface area contributed by atoms with Crippen LogP contribution in [0.5, 0.6) is 17.2 Å². The second-order valence-electron chi connectivity index (χ2n) is 6.54. The summed E-state index contributed by atoms with van der Waals surface area (Å²) in [5.41, 5.74) is 1.64. The molecule has 0 saturated heterocycles. The molecule has 1 aliphatic rings. The summed E-state index contributed by atoms with van der Waals surface area (Å²) >= 11 is 0. The molecule has 0 aromatic heterocycles. The number of carbonyl (C=O) groups excluding carboxylic acids is 1. The van der Waals surface area contributed by atoms with Crippen molar-refractivity contribution in [2.75, 3.05) is 0 Å². The van der Waals surface area contributed by atoms with E-state index >= 15 is 0 Å². The van der Waals surface area contributed by atoms with Crippen LogP contribution >= 0.6 is 0 Å². The minimum Gasteiger partial charge on any atom is -0.457 e. The number of hydrogen-bond acceptors (Lipinski definition) is 3. The lowest BCUT2D eigenvalue weighted by atomic mass is 9.88. The van der Waals surface area contributed by atoms with Crippen molar-refractivity contribution in [2.24, 2.45) is 0 Å². The van der Waals surface area contributed by atoms with Gasteiger partial charge in [-0.25, -0.2) is 0 Å². The summed E-state index contributed by atoms with van der Waals surface area (Å²) in [5, 5.41) is 2.15. The van der Waals surface area contributed by atoms with Crippen LogP contribution in [0.2, 0.25) is 0 Å². The number of benzene rings is 4. The Morgan fingerprint density at radius 1 is 0.704 bits per heavy atom. The highest BCUT2D eigenvalue weighted by Crippen LogP contribution is 2.44. The predicted molar refractivity (Wildman–Crippen MR) is 104 cm³/mol. The van der Waals surface area contributed by atoms with Gasteiger partial charge in [-0.15, -0.1) is 0 Å². The molecule has 0 spiro atoms. The van der Waals surface area contributed by atoms with E-state index in [1.807, 2.05) is 91.0 Å². The standard InChI is InChI=1S/C24H16O3/c25-24(26-18-14-13-16-7-1-2-8-17(16)15-18)23-19-9-3-5-11-21(19)27-22-12-6-4-10-20(22)23/h1-15,23H. The van der Waals surface area contributed by atoms with E-state index < -0.39 is 5.92 Å². The molecule has 1 heterocycles. The number of para-hydroxylation sites is 2. The second kappa shape index (κ2) is 6.29. The molecular formula is C24H16O3. The van der Waals surface area contributed by atoms with E-state index in [0.717, 1.165) is 21.9 Å². The van der Waals surface area contributed by atoms with Crippen LogP contribution in [0.15, 0.2) is 91.0 Å². The summed E-state index contributed by atoms with van der Waals surface area (Å²) in [4.78, 5) is 13.2. The van der Waals surface area contributed by atoms with Crippen LogP contribution < -0.4 is 9.47 Å². The maximum atomic E-state index is 13.2. The first kappa shape index (κ1) is 15.6. The van der Waals surface area contributed by atoms with Crippen LogP contribution in [0, 0.1) is 0 Å². The molecule has 0 fully saturated rings. The summed E-state index contributed by atoms with van der Waals surface area (Å²) < 4.78 is 11.7. The Balaban J connectivity index is 1.54. The molecule has 0 N–H and O–H groups in total. The molecule has 0 unspecified atom stereocenters. The van der Waals surface area contributed by atoms with Crippen molar-refractivity contribution in [2.45, 2.75) is 5.92 Å². The highest BCUT2D eigenvalue weighted by Gasteiger charge is 2.33. The molecule has 0 atom stereocenters. The fourth-order valence-electron chi connectivity index (χ4n) is 3.57. The quantitative estimate of drug-likeness (QED) is 0.344. The number of rotatable bonds is 2. The molecular weight excluding hydrogens is 336 g/mol. The monoisotopic (exact) mass is 352 g/mol. The van der Waals surface area contributed by atoms with E-state index in [-0.39, 0.29) is 5.97 Å². The Morgan fingerprint density at radius 3 is 2.00 bits per heavy atom. The van der Waals surface area contributed by atoms with Crippen LogP contribution in [0.1, 0.15) is 17.0 Å². The van der Waals surface area contributed by atoms with Crippen molar-refractivity contribution in [3.8, 4) is 17.2 Å². The summed E-state index contributed by atoms with van der Waals surface area (Å²) in [7, 11) is 0. The third-order valence-corrected chi connectivity index (χ3v) is 4.86. The number of carbonyl (C=O) groups is 1. The Bertz CT molecular complexity index is 1120. The molecule has 3 nitrogen and oxygen atoms in total. The van der Waals surface area contributed by atoms with Crippen LogP contribution in [0.3, 0.4) is 0 Å². The molecule has 0 amide bonds. The highest BCUT2D eigenvalue weighted by molar-refractivity contribution is 5.89. The topological polar surface area (TPSA) is 35.5 Å². The average molecular weight is 352 g/mol. The van der Waals surface area contributed by atoms with Gasteiger partial charge in [-0.2, -0.15) is 0 Å². The minimum absolute atomic E-state index is 0.312. The Kier molecular flexibility index (Phi) is 3.65. The average Bonchev–Trinajstić information content (AvgIpc) is 2.71. The molecule has 4 aromatic rings. The van der Waals surface area contributed by atoms with Crippen LogP contribution in [-0.2, 0) is 4.79 Å².